The maximum Gasteiger partial charge on any atom is 0.251 e. The van der Waals surface area contributed by atoms with Crippen molar-refractivity contribution in [2.75, 3.05) is 6.54 Å². The van der Waals surface area contributed by atoms with E-state index in [0.29, 0.717) is 18.5 Å². The highest BCUT2D eigenvalue weighted by atomic mass is 35.5. The van der Waals surface area contributed by atoms with Gasteiger partial charge in [0.1, 0.15) is 0 Å². The van der Waals surface area contributed by atoms with Crippen LogP contribution < -0.4 is 10.1 Å². The molecule has 1 aromatic heterocycles. The summed E-state index contributed by atoms with van der Waals surface area (Å²) in [5.41, 5.74) is 1.37. The first-order chi connectivity index (χ1) is 10.6. The van der Waals surface area contributed by atoms with Crippen molar-refractivity contribution in [1.29, 1.82) is 0 Å². The summed E-state index contributed by atoms with van der Waals surface area (Å²) in [6.45, 7) is 4.13. The van der Waals surface area contributed by atoms with Crippen molar-refractivity contribution >= 4 is 18.3 Å². The van der Waals surface area contributed by atoms with Gasteiger partial charge in [-0.1, -0.05) is 6.07 Å². The summed E-state index contributed by atoms with van der Waals surface area (Å²) in [6, 6.07) is 8.16. The number of carbonyl (C=O) groups excluding carboxylic acids is 1. The van der Waals surface area contributed by atoms with Crippen LogP contribution in [0.2, 0.25) is 0 Å². The van der Waals surface area contributed by atoms with E-state index in [1.54, 1.807) is 36.7 Å². The van der Waals surface area contributed by atoms with E-state index in [2.05, 4.69) is 10.3 Å². The Labute approximate surface area is 141 Å². The topological polar surface area (TPSA) is 51.2 Å². The zero-order valence-electron chi connectivity index (χ0n) is 13.1. The molecule has 0 radical (unpaired) electrons. The van der Waals surface area contributed by atoms with Gasteiger partial charge in [-0.05, 0) is 50.1 Å². The van der Waals surface area contributed by atoms with E-state index in [-0.39, 0.29) is 36.0 Å². The molecule has 0 aliphatic rings. The quantitative estimate of drug-likeness (QED) is 0.878. The van der Waals surface area contributed by atoms with Gasteiger partial charge in [-0.25, -0.2) is 4.39 Å². The third kappa shape index (κ3) is 5.87. The third-order valence-corrected chi connectivity index (χ3v) is 3.00. The second-order valence-corrected chi connectivity index (χ2v) is 5.17. The van der Waals surface area contributed by atoms with Crippen molar-refractivity contribution in [3.8, 4) is 5.75 Å². The molecule has 2 aromatic rings. The van der Waals surface area contributed by atoms with Crippen LogP contribution in [0.15, 0.2) is 42.7 Å². The number of ether oxygens (including phenoxy) is 1. The molecule has 1 N–H and O–H groups in total. The standard InChI is InChI=1S/C17H19FN2O2.ClH/c1-12(2)22-16-4-3-13(11-15(16)18)5-10-20-17(21)14-6-8-19-9-7-14;/h3-4,6-9,11-12H,5,10H2,1-2H3,(H,20,21);1H. The smallest absolute Gasteiger partial charge is 0.251 e. The molecule has 0 saturated heterocycles. The first kappa shape index (κ1) is 18.9. The molecule has 0 atom stereocenters. The first-order valence-corrected chi connectivity index (χ1v) is 7.19. The van der Waals surface area contributed by atoms with E-state index in [0.717, 1.165) is 5.56 Å². The highest BCUT2D eigenvalue weighted by Gasteiger charge is 2.08. The third-order valence-electron chi connectivity index (χ3n) is 3.00. The van der Waals surface area contributed by atoms with E-state index in [1.165, 1.54) is 6.07 Å². The number of rotatable bonds is 6. The van der Waals surface area contributed by atoms with Crippen LogP contribution in [0, 0.1) is 5.82 Å². The lowest BCUT2D eigenvalue weighted by Crippen LogP contribution is -2.25. The van der Waals surface area contributed by atoms with Gasteiger partial charge in [0.25, 0.3) is 5.91 Å². The summed E-state index contributed by atoms with van der Waals surface area (Å²) in [6.07, 6.45) is 3.62. The minimum absolute atomic E-state index is 0. The number of pyridine rings is 1. The van der Waals surface area contributed by atoms with Crippen LogP contribution in [0.1, 0.15) is 29.8 Å². The molecule has 4 nitrogen and oxygen atoms in total. The monoisotopic (exact) mass is 338 g/mol. The van der Waals surface area contributed by atoms with Gasteiger partial charge in [0, 0.05) is 24.5 Å². The molecule has 0 bridgehead atoms. The van der Waals surface area contributed by atoms with Gasteiger partial charge in [-0.15, -0.1) is 12.4 Å². The number of benzene rings is 1. The predicted octanol–water partition coefficient (Wildman–Crippen LogP) is 3.40. The molecule has 0 aliphatic carbocycles. The number of nitrogens with zero attached hydrogens (tertiary/aromatic N) is 1. The lowest BCUT2D eigenvalue weighted by molar-refractivity contribution is 0.0954. The predicted molar refractivity (Wildman–Crippen MR) is 89.7 cm³/mol. The fraction of sp³-hybridized carbons (Fsp3) is 0.294. The van der Waals surface area contributed by atoms with Crippen LogP contribution in [0.5, 0.6) is 5.75 Å². The first-order valence-electron chi connectivity index (χ1n) is 7.19. The summed E-state index contributed by atoms with van der Waals surface area (Å²) in [4.78, 5) is 15.7. The van der Waals surface area contributed by atoms with Gasteiger partial charge in [-0.3, -0.25) is 9.78 Å². The maximum absolute atomic E-state index is 13.8. The molecule has 0 fully saturated rings. The Bertz CT molecular complexity index is 636. The normalized spacial score (nSPS) is 10.1. The fourth-order valence-electron chi connectivity index (χ4n) is 1.98. The SMILES string of the molecule is CC(C)Oc1ccc(CCNC(=O)c2ccncc2)cc1F.Cl. The molecule has 124 valence electrons. The zero-order valence-corrected chi connectivity index (χ0v) is 13.9. The van der Waals surface area contributed by atoms with E-state index >= 15 is 0 Å². The van der Waals surface area contributed by atoms with E-state index in [4.69, 9.17) is 4.74 Å². The molecule has 2 rings (SSSR count). The van der Waals surface area contributed by atoms with E-state index in [9.17, 15) is 9.18 Å². The van der Waals surface area contributed by atoms with Gasteiger partial charge >= 0.3 is 0 Å². The molecule has 6 heteroatoms. The maximum atomic E-state index is 13.8. The molecular weight excluding hydrogens is 319 g/mol. The number of hydrogen-bond acceptors (Lipinski definition) is 3. The van der Waals surface area contributed by atoms with Crippen molar-refractivity contribution in [1.82, 2.24) is 10.3 Å². The van der Waals surface area contributed by atoms with Gasteiger partial charge in [-0.2, -0.15) is 0 Å². The summed E-state index contributed by atoms with van der Waals surface area (Å²) < 4.78 is 19.2. The summed E-state index contributed by atoms with van der Waals surface area (Å²) in [5.74, 6) is -0.297. The van der Waals surface area contributed by atoms with Gasteiger partial charge < -0.3 is 10.1 Å². The van der Waals surface area contributed by atoms with Crippen molar-refractivity contribution in [3.63, 3.8) is 0 Å². The van der Waals surface area contributed by atoms with Crippen LogP contribution in [0.3, 0.4) is 0 Å². The zero-order chi connectivity index (χ0) is 15.9. The van der Waals surface area contributed by atoms with Crippen molar-refractivity contribution < 1.29 is 13.9 Å². The Hall–Kier alpha value is -2.14. The summed E-state index contributed by atoms with van der Waals surface area (Å²) >= 11 is 0. The van der Waals surface area contributed by atoms with Crippen LogP contribution in [-0.4, -0.2) is 23.5 Å². The average molecular weight is 339 g/mol. The minimum atomic E-state index is -0.383. The second kappa shape index (κ2) is 9.10. The number of carbonyl (C=O) groups is 1. The largest absolute Gasteiger partial charge is 0.488 e. The number of nitrogens with one attached hydrogen (secondary N) is 1. The Morgan fingerprint density at radius 3 is 2.57 bits per heavy atom. The van der Waals surface area contributed by atoms with Crippen LogP contribution >= 0.6 is 12.4 Å². The Kier molecular flexibility index (Phi) is 7.48. The number of amides is 1. The molecule has 1 amide bonds. The van der Waals surface area contributed by atoms with Gasteiger partial charge in [0.2, 0.25) is 0 Å². The highest BCUT2D eigenvalue weighted by Crippen LogP contribution is 2.19. The van der Waals surface area contributed by atoms with Crippen LogP contribution in [0.25, 0.3) is 0 Å². The Morgan fingerprint density at radius 1 is 1.26 bits per heavy atom. The number of hydrogen-bond donors (Lipinski definition) is 1. The average Bonchev–Trinajstić information content (AvgIpc) is 2.50. The molecule has 1 aromatic carbocycles. The van der Waals surface area contributed by atoms with Crippen LogP contribution in [0.4, 0.5) is 4.39 Å². The number of aromatic nitrogens is 1. The van der Waals surface area contributed by atoms with E-state index < -0.39 is 0 Å². The lowest BCUT2D eigenvalue weighted by Gasteiger charge is -2.11. The second-order valence-electron chi connectivity index (χ2n) is 5.17. The molecule has 1 heterocycles. The van der Waals surface area contributed by atoms with Gasteiger partial charge in [0.05, 0.1) is 6.10 Å². The van der Waals surface area contributed by atoms with Gasteiger partial charge in [0.15, 0.2) is 11.6 Å². The summed E-state index contributed by atoms with van der Waals surface area (Å²) in [7, 11) is 0. The molecule has 0 aliphatic heterocycles. The highest BCUT2D eigenvalue weighted by molar-refractivity contribution is 5.93. The molecule has 0 saturated carbocycles. The Morgan fingerprint density at radius 2 is 1.96 bits per heavy atom. The number of halogens is 2. The molecular formula is C17H20ClFN2O2. The van der Waals surface area contributed by atoms with Crippen molar-refractivity contribution in [2.45, 2.75) is 26.4 Å². The summed E-state index contributed by atoms with van der Waals surface area (Å²) in [5, 5.41) is 2.79. The van der Waals surface area contributed by atoms with Crippen molar-refractivity contribution in [2.24, 2.45) is 0 Å². The Balaban J connectivity index is 0.00000264. The van der Waals surface area contributed by atoms with Crippen LogP contribution in [-0.2, 0) is 6.42 Å². The molecule has 23 heavy (non-hydrogen) atoms. The fourth-order valence-corrected chi connectivity index (χ4v) is 1.98. The lowest BCUT2D eigenvalue weighted by atomic mass is 10.1. The molecule has 0 spiro atoms. The van der Waals surface area contributed by atoms with E-state index in [1.807, 2.05) is 13.8 Å². The minimum Gasteiger partial charge on any atom is -0.488 e. The molecule has 0 unspecified atom stereocenters. The van der Waals surface area contributed by atoms with Crippen molar-refractivity contribution in [3.05, 3.63) is 59.7 Å².